The highest BCUT2D eigenvalue weighted by Crippen LogP contribution is 2.65. The fourth-order valence-electron chi connectivity index (χ4n) is 5.72. The summed E-state index contributed by atoms with van der Waals surface area (Å²) in [5.41, 5.74) is -1.64. The Morgan fingerprint density at radius 3 is 2.27 bits per heavy atom. The van der Waals surface area contributed by atoms with Crippen molar-refractivity contribution in [3.05, 3.63) is 24.8 Å². The number of nitrogens with one attached hydrogen (secondary N) is 3. The number of alkyl carbamates (subject to hydrolysis) is 1. The van der Waals surface area contributed by atoms with Crippen LogP contribution in [0.25, 0.3) is 0 Å². The van der Waals surface area contributed by atoms with Crippen LogP contribution in [0.5, 0.6) is 0 Å². The number of ether oxygens (including phenoxy) is 2. The zero-order valence-electron chi connectivity index (χ0n) is 27.7. The van der Waals surface area contributed by atoms with Gasteiger partial charge in [0.05, 0.1) is 12.6 Å². The predicted octanol–water partition coefficient (Wildman–Crippen LogP) is 2.46. The zero-order chi connectivity index (χ0) is 33.6. The van der Waals surface area contributed by atoms with Crippen LogP contribution in [-0.4, -0.2) is 89.3 Å². The van der Waals surface area contributed by atoms with Crippen LogP contribution < -0.4 is 16.0 Å². The van der Waals surface area contributed by atoms with Crippen molar-refractivity contribution in [1.82, 2.24) is 20.9 Å². The number of likely N-dealkylation sites (tertiary alicyclic amines) is 1. The van der Waals surface area contributed by atoms with Crippen molar-refractivity contribution in [2.24, 2.45) is 22.7 Å². The highest BCUT2D eigenvalue weighted by molar-refractivity contribution is 5.94. The number of hydrogen-bond acceptors (Lipinski definition) is 8. The summed E-state index contributed by atoms with van der Waals surface area (Å²) >= 11 is 0. The number of aliphatic hydroxyl groups is 1. The maximum Gasteiger partial charge on any atom is 0.408 e. The molecule has 0 aromatic carbocycles. The SMILES string of the molecule is C=CCCC(NC(=O)C1C2C(CN1C(=O)[C@@H](NC(=O)OC(C)(C)C)C(C)(C)C)C2(C)C)C(O)C(=O)NC/C=C/C(=O)OCC. The second-order valence-electron chi connectivity index (χ2n) is 14.2. The average Bonchev–Trinajstić information content (AvgIpc) is 3.21. The minimum atomic E-state index is -1.60. The number of carbonyl (C=O) groups is 5. The summed E-state index contributed by atoms with van der Waals surface area (Å²) in [7, 11) is 0. The number of esters is 1. The van der Waals surface area contributed by atoms with Gasteiger partial charge in [0.1, 0.15) is 17.7 Å². The van der Waals surface area contributed by atoms with Gasteiger partial charge in [-0.2, -0.15) is 0 Å². The number of allylic oxidation sites excluding steroid dienone is 1. The molecule has 1 aliphatic heterocycles. The van der Waals surface area contributed by atoms with Crippen LogP contribution in [0.15, 0.2) is 24.8 Å². The van der Waals surface area contributed by atoms with Gasteiger partial charge >= 0.3 is 12.1 Å². The molecule has 0 aromatic heterocycles. The van der Waals surface area contributed by atoms with E-state index in [2.05, 4.69) is 22.5 Å². The lowest BCUT2D eigenvalue weighted by Crippen LogP contribution is -2.61. The fraction of sp³-hybridized carbons (Fsp3) is 0.719. The molecule has 248 valence electrons. The summed E-state index contributed by atoms with van der Waals surface area (Å²) in [6, 6.07) is -2.80. The second-order valence-corrected chi connectivity index (χ2v) is 14.2. The predicted molar refractivity (Wildman–Crippen MR) is 165 cm³/mol. The highest BCUT2D eigenvalue weighted by Gasteiger charge is 2.70. The number of rotatable bonds is 13. The fourth-order valence-corrected chi connectivity index (χ4v) is 5.72. The Balaban J connectivity index is 2.24. The van der Waals surface area contributed by atoms with Gasteiger partial charge in [0, 0.05) is 19.2 Å². The molecule has 1 aliphatic carbocycles. The molecule has 2 fully saturated rings. The van der Waals surface area contributed by atoms with Crippen LogP contribution in [0.2, 0.25) is 0 Å². The van der Waals surface area contributed by atoms with Crippen molar-refractivity contribution in [1.29, 1.82) is 0 Å². The Kier molecular flexibility index (Phi) is 12.2. The van der Waals surface area contributed by atoms with Crippen molar-refractivity contribution in [3.63, 3.8) is 0 Å². The van der Waals surface area contributed by atoms with Gasteiger partial charge in [-0.05, 0) is 63.2 Å². The number of aliphatic hydroxyl groups excluding tert-OH is 1. The molecule has 2 rings (SSSR count). The molecular weight excluding hydrogens is 568 g/mol. The lowest BCUT2D eigenvalue weighted by Gasteiger charge is -2.38. The highest BCUT2D eigenvalue weighted by atomic mass is 16.6. The van der Waals surface area contributed by atoms with Gasteiger partial charge in [0.25, 0.3) is 5.91 Å². The van der Waals surface area contributed by atoms with Crippen molar-refractivity contribution in [2.75, 3.05) is 19.7 Å². The number of fused-ring (bicyclic) bond motifs is 1. The van der Waals surface area contributed by atoms with Gasteiger partial charge in [0.2, 0.25) is 11.8 Å². The van der Waals surface area contributed by atoms with Crippen molar-refractivity contribution >= 4 is 29.8 Å². The quantitative estimate of drug-likeness (QED) is 0.139. The first-order valence-electron chi connectivity index (χ1n) is 15.3. The Morgan fingerprint density at radius 2 is 1.73 bits per heavy atom. The Bertz CT molecular complexity index is 1120. The Morgan fingerprint density at radius 1 is 1.09 bits per heavy atom. The van der Waals surface area contributed by atoms with Gasteiger partial charge < -0.3 is 35.4 Å². The van der Waals surface area contributed by atoms with Gasteiger partial charge in [-0.25, -0.2) is 9.59 Å². The lowest BCUT2D eigenvalue weighted by atomic mass is 9.85. The van der Waals surface area contributed by atoms with Crippen LogP contribution in [0.1, 0.15) is 75.2 Å². The summed E-state index contributed by atoms with van der Waals surface area (Å²) < 4.78 is 10.2. The van der Waals surface area contributed by atoms with E-state index >= 15 is 0 Å². The van der Waals surface area contributed by atoms with Gasteiger partial charge in [-0.1, -0.05) is 46.8 Å². The van der Waals surface area contributed by atoms with E-state index in [0.717, 1.165) is 0 Å². The van der Waals surface area contributed by atoms with Crippen molar-refractivity contribution in [2.45, 2.75) is 105 Å². The first kappa shape index (κ1) is 36.8. The average molecular weight is 621 g/mol. The van der Waals surface area contributed by atoms with Crippen LogP contribution in [-0.2, 0) is 28.7 Å². The molecule has 12 nitrogen and oxygen atoms in total. The van der Waals surface area contributed by atoms with Gasteiger partial charge in [-0.15, -0.1) is 6.58 Å². The molecular formula is C32H52N4O8. The third kappa shape index (κ3) is 9.54. The molecule has 6 atom stereocenters. The molecule has 0 spiro atoms. The number of piperidine rings is 1. The molecule has 1 saturated carbocycles. The third-order valence-electron chi connectivity index (χ3n) is 8.13. The van der Waals surface area contributed by atoms with Gasteiger partial charge in [-0.3, -0.25) is 14.4 Å². The van der Waals surface area contributed by atoms with E-state index in [9.17, 15) is 29.1 Å². The summed E-state index contributed by atoms with van der Waals surface area (Å²) in [5.74, 6) is -2.22. The number of carbonyl (C=O) groups excluding carboxylic acids is 5. The molecule has 2 aliphatic rings. The van der Waals surface area contributed by atoms with E-state index in [1.807, 2.05) is 34.6 Å². The maximum atomic E-state index is 14.0. The lowest BCUT2D eigenvalue weighted by molar-refractivity contribution is -0.145. The molecule has 1 heterocycles. The molecule has 5 unspecified atom stereocenters. The summed E-state index contributed by atoms with van der Waals surface area (Å²) in [6.07, 6.45) is 2.50. The van der Waals surface area contributed by atoms with Crippen molar-refractivity contribution in [3.8, 4) is 0 Å². The van der Waals surface area contributed by atoms with Crippen LogP contribution in [0.3, 0.4) is 0 Å². The summed E-state index contributed by atoms with van der Waals surface area (Å²) in [5, 5.41) is 19.0. The van der Waals surface area contributed by atoms with E-state index in [1.165, 1.54) is 17.1 Å². The number of amides is 4. The van der Waals surface area contributed by atoms with Gasteiger partial charge in [0.15, 0.2) is 6.10 Å². The largest absolute Gasteiger partial charge is 0.463 e. The van der Waals surface area contributed by atoms with Crippen molar-refractivity contribution < 1.29 is 38.6 Å². The Hall–Kier alpha value is -3.41. The monoisotopic (exact) mass is 620 g/mol. The standard InChI is InChI=1S/C32H52N4O8/c1-11-13-15-20(24(38)27(40)33-17-14-16-21(37)43-12-2)34-26(39)23-22-19(32(22,9)10)18-36(23)28(41)25(30(3,4)5)35-29(42)44-31(6,7)8/h11,14,16,19-20,22-25,38H,1,12-13,15,17-18H2,2-10H3,(H,33,40)(H,34,39)(H,35,42)/b16-14+/t19?,20?,22?,23?,24?,25-/m1/s1. The normalized spacial score (nSPS) is 22.7. The van der Waals surface area contributed by atoms with Crippen LogP contribution in [0, 0.1) is 22.7 Å². The summed E-state index contributed by atoms with van der Waals surface area (Å²) in [6.45, 7) is 20.7. The molecule has 0 aromatic rings. The Labute approximate surface area is 261 Å². The van der Waals surface area contributed by atoms with E-state index in [0.29, 0.717) is 13.0 Å². The molecule has 0 radical (unpaired) electrons. The number of nitrogens with zero attached hydrogens (tertiary/aromatic N) is 1. The molecule has 1 saturated heterocycles. The topological polar surface area (TPSA) is 163 Å². The van der Waals surface area contributed by atoms with E-state index in [-0.39, 0.29) is 36.8 Å². The van der Waals surface area contributed by atoms with Crippen LogP contribution in [0.4, 0.5) is 4.79 Å². The minimum absolute atomic E-state index is 0.0292. The molecule has 4 N–H and O–H groups in total. The number of hydrogen-bond donors (Lipinski definition) is 4. The first-order valence-corrected chi connectivity index (χ1v) is 15.3. The van der Waals surface area contributed by atoms with E-state index in [1.54, 1.807) is 33.8 Å². The van der Waals surface area contributed by atoms with Crippen LogP contribution >= 0.6 is 0 Å². The minimum Gasteiger partial charge on any atom is -0.463 e. The molecule has 0 bridgehead atoms. The summed E-state index contributed by atoms with van der Waals surface area (Å²) in [4.78, 5) is 66.4. The smallest absolute Gasteiger partial charge is 0.408 e. The molecule has 12 heteroatoms. The molecule has 4 amide bonds. The first-order chi connectivity index (χ1) is 20.3. The van der Waals surface area contributed by atoms with E-state index < -0.39 is 65.0 Å². The second kappa shape index (κ2) is 14.6. The van der Waals surface area contributed by atoms with E-state index in [4.69, 9.17) is 9.47 Å². The molecule has 44 heavy (non-hydrogen) atoms. The maximum absolute atomic E-state index is 14.0. The zero-order valence-corrected chi connectivity index (χ0v) is 27.7. The third-order valence-corrected chi connectivity index (χ3v) is 8.13.